The molecule has 0 radical (unpaired) electrons. The van der Waals surface area contributed by atoms with Crippen LogP contribution >= 0.6 is 23.2 Å². The lowest BCUT2D eigenvalue weighted by Crippen LogP contribution is -2.07. The number of halogens is 3. The van der Waals surface area contributed by atoms with Gasteiger partial charge in [0.15, 0.2) is 17.2 Å². The smallest absolute Gasteiger partial charge is 0.363 e. The molecule has 0 saturated carbocycles. The number of methoxy groups -OCH3 is 1. The van der Waals surface area contributed by atoms with Crippen molar-refractivity contribution in [2.45, 2.75) is 6.61 Å². The summed E-state index contributed by atoms with van der Waals surface area (Å²) in [6.45, 7) is 0.151. The number of esters is 1. The molecular formula is C24H16Cl2FNO4. The van der Waals surface area contributed by atoms with Gasteiger partial charge in [0.05, 0.1) is 12.7 Å². The summed E-state index contributed by atoms with van der Waals surface area (Å²) in [5.41, 5.74) is 1.44. The van der Waals surface area contributed by atoms with Gasteiger partial charge < -0.3 is 14.2 Å². The molecule has 0 aliphatic carbocycles. The van der Waals surface area contributed by atoms with E-state index < -0.39 is 11.8 Å². The van der Waals surface area contributed by atoms with Gasteiger partial charge in [-0.1, -0.05) is 47.5 Å². The summed E-state index contributed by atoms with van der Waals surface area (Å²) in [7, 11) is 1.50. The van der Waals surface area contributed by atoms with E-state index in [1.165, 1.54) is 25.3 Å². The number of aliphatic imine (C=N–C) groups is 1. The number of nitrogens with zero attached hydrogens (tertiary/aromatic N) is 1. The highest BCUT2D eigenvalue weighted by Gasteiger charge is 2.26. The number of benzene rings is 3. The monoisotopic (exact) mass is 471 g/mol. The molecule has 1 aliphatic heterocycles. The Balaban J connectivity index is 1.57. The van der Waals surface area contributed by atoms with Crippen molar-refractivity contribution >= 4 is 41.1 Å². The minimum Gasteiger partial charge on any atom is -0.493 e. The maximum atomic E-state index is 14.0. The highest BCUT2D eigenvalue weighted by molar-refractivity contribution is 6.35. The van der Waals surface area contributed by atoms with E-state index in [-0.39, 0.29) is 23.8 Å². The van der Waals surface area contributed by atoms with Gasteiger partial charge in [0.1, 0.15) is 12.4 Å². The zero-order valence-electron chi connectivity index (χ0n) is 16.8. The van der Waals surface area contributed by atoms with Crippen molar-refractivity contribution in [1.29, 1.82) is 0 Å². The molecule has 162 valence electrons. The molecule has 3 aromatic rings. The lowest BCUT2D eigenvalue weighted by atomic mass is 10.1. The average Bonchev–Trinajstić information content (AvgIpc) is 3.14. The third-order valence-electron chi connectivity index (χ3n) is 4.65. The fraction of sp³-hybridized carbons (Fsp3) is 0.0833. The SMILES string of the molecule is COc1cc(C=C2N=C(c3ccccc3F)OC2=O)ccc1OCc1c(Cl)cccc1Cl. The average molecular weight is 472 g/mol. The fourth-order valence-electron chi connectivity index (χ4n) is 3.03. The Kier molecular flexibility index (Phi) is 6.44. The minimum atomic E-state index is -0.670. The van der Waals surface area contributed by atoms with Crippen molar-refractivity contribution < 1.29 is 23.4 Å². The second-order valence-corrected chi connectivity index (χ2v) is 7.53. The Morgan fingerprint density at radius 3 is 2.50 bits per heavy atom. The molecule has 8 heteroatoms. The molecule has 3 aromatic carbocycles. The fourth-order valence-corrected chi connectivity index (χ4v) is 3.54. The number of cyclic esters (lactones) is 1. The Hall–Kier alpha value is -3.35. The Bertz CT molecular complexity index is 1240. The van der Waals surface area contributed by atoms with Gasteiger partial charge >= 0.3 is 5.97 Å². The molecule has 4 rings (SSSR count). The van der Waals surface area contributed by atoms with Gasteiger partial charge in [-0.15, -0.1) is 0 Å². The number of hydrogen-bond donors (Lipinski definition) is 0. The van der Waals surface area contributed by atoms with Crippen molar-refractivity contribution in [3.8, 4) is 11.5 Å². The summed E-state index contributed by atoms with van der Waals surface area (Å²) in [5, 5.41) is 1.00. The van der Waals surface area contributed by atoms with Crippen molar-refractivity contribution in [3.63, 3.8) is 0 Å². The first-order valence-electron chi connectivity index (χ1n) is 9.47. The van der Waals surface area contributed by atoms with Gasteiger partial charge in [-0.2, -0.15) is 0 Å². The molecule has 0 unspecified atom stereocenters. The van der Waals surface area contributed by atoms with E-state index in [0.29, 0.717) is 32.7 Å². The molecule has 5 nitrogen and oxygen atoms in total. The third kappa shape index (κ3) is 4.61. The van der Waals surface area contributed by atoms with Gasteiger partial charge in [0.2, 0.25) is 5.90 Å². The summed E-state index contributed by atoms with van der Waals surface area (Å²) >= 11 is 12.4. The van der Waals surface area contributed by atoms with Crippen molar-refractivity contribution in [3.05, 3.63) is 98.9 Å². The van der Waals surface area contributed by atoms with E-state index in [4.69, 9.17) is 37.4 Å². The topological polar surface area (TPSA) is 57.1 Å². The second-order valence-electron chi connectivity index (χ2n) is 6.72. The largest absolute Gasteiger partial charge is 0.493 e. The predicted octanol–water partition coefficient (Wildman–Crippen LogP) is 6.06. The van der Waals surface area contributed by atoms with Crippen LogP contribution in [0.5, 0.6) is 11.5 Å². The van der Waals surface area contributed by atoms with Crippen LogP contribution in [0.3, 0.4) is 0 Å². The van der Waals surface area contributed by atoms with E-state index in [2.05, 4.69) is 4.99 Å². The predicted molar refractivity (Wildman–Crippen MR) is 121 cm³/mol. The van der Waals surface area contributed by atoms with Gasteiger partial charge in [0, 0.05) is 15.6 Å². The number of hydrogen-bond acceptors (Lipinski definition) is 5. The van der Waals surface area contributed by atoms with E-state index in [1.54, 1.807) is 48.5 Å². The van der Waals surface area contributed by atoms with Crippen molar-refractivity contribution in [2.75, 3.05) is 7.11 Å². The summed E-state index contributed by atoms with van der Waals surface area (Å²) in [6, 6.07) is 16.3. The summed E-state index contributed by atoms with van der Waals surface area (Å²) in [6.07, 6.45) is 1.52. The zero-order valence-corrected chi connectivity index (χ0v) is 18.3. The van der Waals surface area contributed by atoms with Gasteiger partial charge in [0.25, 0.3) is 0 Å². The second kappa shape index (κ2) is 9.42. The quantitative estimate of drug-likeness (QED) is 0.323. The van der Waals surface area contributed by atoms with E-state index in [9.17, 15) is 9.18 Å². The van der Waals surface area contributed by atoms with Crippen LogP contribution in [0.15, 0.2) is 71.4 Å². The summed E-state index contributed by atoms with van der Waals surface area (Å²) in [4.78, 5) is 16.3. The van der Waals surface area contributed by atoms with Crippen LogP contribution < -0.4 is 9.47 Å². The highest BCUT2D eigenvalue weighted by Crippen LogP contribution is 2.32. The normalized spacial score (nSPS) is 14.3. The van der Waals surface area contributed by atoms with Crippen molar-refractivity contribution in [1.82, 2.24) is 0 Å². The first kappa shape index (κ1) is 21.9. The molecule has 0 saturated heterocycles. The molecule has 32 heavy (non-hydrogen) atoms. The molecule has 0 amide bonds. The Morgan fingerprint density at radius 2 is 1.78 bits per heavy atom. The summed E-state index contributed by atoms with van der Waals surface area (Å²) < 4.78 is 30.3. The Labute approximate surface area is 193 Å². The highest BCUT2D eigenvalue weighted by atomic mass is 35.5. The molecule has 1 aliphatic rings. The molecule has 0 fully saturated rings. The lowest BCUT2D eigenvalue weighted by Gasteiger charge is -2.13. The first-order chi connectivity index (χ1) is 15.5. The van der Waals surface area contributed by atoms with Crippen LogP contribution in [0.2, 0.25) is 10.0 Å². The molecular weight excluding hydrogens is 456 g/mol. The summed E-state index contributed by atoms with van der Waals surface area (Å²) in [5.74, 6) is -0.372. The first-order valence-corrected chi connectivity index (χ1v) is 10.2. The van der Waals surface area contributed by atoms with Crippen LogP contribution in [-0.4, -0.2) is 19.0 Å². The maximum absolute atomic E-state index is 14.0. The molecule has 0 spiro atoms. The Morgan fingerprint density at radius 1 is 1.03 bits per heavy atom. The van der Waals surface area contributed by atoms with Gasteiger partial charge in [-0.3, -0.25) is 0 Å². The maximum Gasteiger partial charge on any atom is 0.363 e. The van der Waals surface area contributed by atoms with Crippen molar-refractivity contribution in [2.24, 2.45) is 4.99 Å². The van der Waals surface area contributed by atoms with Crippen LogP contribution in [0.1, 0.15) is 16.7 Å². The van der Waals surface area contributed by atoms with Crippen LogP contribution in [-0.2, 0) is 16.1 Å². The van der Waals surface area contributed by atoms with Gasteiger partial charge in [-0.25, -0.2) is 14.2 Å². The molecule has 1 heterocycles. The van der Waals surface area contributed by atoms with Crippen LogP contribution in [0.25, 0.3) is 6.08 Å². The molecule has 0 N–H and O–H groups in total. The van der Waals surface area contributed by atoms with E-state index >= 15 is 0 Å². The van der Waals surface area contributed by atoms with E-state index in [0.717, 1.165) is 0 Å². The van der Waals surface area contributed by atoms with Crippen LogP contribution in [0.4, 0.5) is 4.39 Å². The molecule has 0 bridgehead atoms. The molecule has 0 aromatic heterocycles. The zero-order chi connectivity index (χ0) is 22.7. The standard InChI is InChI=1S/C24H16Cl2FNO4/c1-30-22-12-14(9-10-21(22)31-13-16-17(25)6-4-7-18(16)26)11-20-24(29)32-23(28-20)15-5-2-3-8-19(15)27/h2-12H,13H2,1H3. The third-order valence-corrected chi connectivity index (χ3v) is 5.36. The number of carbonyl (C=O) groups excluding carboxylic acids is 1. The minimum absolute atomic E-state index is 0.0434. The van der Waals surface area contributed by atoms with Crippen LogP contribution in [0, 0.1) is 5.82 Å². The lowest BCUT2D eigenvalue weighted by molar-refractivity contribution is -0.129. The number of ether oxygens (including phenoxy) is 3. The number of rotatable bonds is 6. The van der Waals surface area contributed by atoms with E-state index in [1.807, 2.05) is 0 Å². The number of carbonyl (C=O) groups is 1. The molecule has 0 atom stereocenters. The van der Waals surface area contributed by atoms with Gasteiger partial charge in [-0.05, 0) is 48.0 Å².